The summed E-state index contributed by atoms with van der Waals surface area (Å²) in [6, 6.07) is 8.29. The standard InChI is InChI=1S/C25H28FN5O4.ClH/c26-18-3-1-15-2-4-22(33)31-8-5-16(23(18)24(15)31)13-30-7-6-19(20(32)14-30)27-12-17-11-21-25(29-28-17)35-10-9-34-21;/h1-4,11,16,19-20,27,32H,5-10,12-14H2;1H/t16?,19-,20+;/m0./s1. The number of ether oxygens (including phenoxy) is 2. The zero-order chi connectivity index (χ0) is 23.9. The van der Waals surface area contributed by atoms with Crippen LogP contribution in [0.25, 0.3) is 10.9 Å². The van der Waals surface area contributed by atoms with Crippen LogP contribution in [0.5, 0.6) is 11.6 Å². The average molecular weight is 518 g/mol. The minimum atomic E-state index is -0.562. The molecule has 5 heterocycles. The molecule has 3 aliphatic rings. The van der Waals surface area contributed by atoms with E-state index in [2.05, 4.69) is 20.4 Å². The van der Waals surface area contributed by atoms with Gasteiger partial charge in [-0.15, -0.1) is 17.5 Å². The topological polar surface area (TPSA) is 102 Å². The fraction of sp³-hybridized carbons (Fsp3) is 0.480. The van der Waals surface area contributed by atoms with E-state index in [9.17, 15) is 14.3 Å². The van der Waals surface area contributed by atoms with E-state index in [4.69, 9.17) is 9.47 Å². The Morgan fingerprint density at radius 2 is 1.94 bits per heavy atom. The number of nitrogens with one attached hydrogen (secondary N) is 1. The highest BCUT2D eigenvalue weighted by molar-refractivity contribution is 5.85. The largest absolute Gasteiger partial charge is 0.484 e. The van der Waals surface area contributed by atoms with Gasteiger partial charge < -0.3 is 29.4 Å². The van der Waals surface area contributed by atoms with Gasteiger partial charge in [-0.25, -0.2) is 4.39 Å². The van der Waals surface area contributed by atoms with Crippen LogP contribution in [0.4, 0.5) is 4.39 Å². The van der Waals surface area contributed by atoms with Gasteiger partial charge in [-0.3, -0.25) is 4.79 Å². The third-order valence-corrected chi connectivity index (χ3v) is 7.29. The number of nitrogens with zero attached hydrogens (tertiary/aromatic N) is 4. The molecule has 0 amide bonds. The predicted octanol–water partition coefficient (Wildman–Crippen LogP) is 1.84. The van der Waals surface area contributed by atoms with E-state index in [1.54, 1.807) is 22.8 Å². The van der Waals surface area contributed by atoms with Gasteiger partial charge in [0, 0.05) is 55.8 Å². The van der Waals surface area contributed by atoms with Gasteiger partial charge in [-0.1, -0.05) is 0 Å². The van der Waals surface area contributed by atoms with Crippen LogP contribution in [0.1, 0.15) is 30.0 Å². The first kappa shape index (κ1) is 24.9. The van der Waals surface area contributed by atoms with E-state index >= 15 is 0 Å². The number of aliphatic hydroxyl groups excluding tert-OH is 1. The van der Waals surface area contributed by atoms with E-state index in [0.29, 0.717) is 68.5 Å². The van der Waals surface area contributed by atoms with Gasteiger partial charge in [-0.2, -0.15) is 5.10 Å². The van der Waals surface area contributed by atoms with Crippen LogP contribution in [-0.4, -0.2) is 69.8 Å². The number of pyridine rings is 1. The summed E-state index contributed by atoms with van der Waals surface area (Å²) in [5.41, 5.74) is 1.97. The predicted molar refractivity (Wildman–Crippen MR) is 133 cm³/mol. The van der Waals surface area contributed by atoms with Crippen molar-refractivity contribution in [3.63, 3.8) is 0 Å². The molecule has 3 aromatic rings. The number of β-amino-alcohol motifs (C(OH)–C–C–N with tert-alkyl or cyclic N) is 1. The number of aliphatic hydroxyl groups is 1. The van der Waals surface area contributed by atoms with Crippen LogP contribution in [0.2, 0.25) is 0 Å². The number of benzene rings is 1. The van der Waals surface area contributed by atoms with Crippen LogP contribution in [0.3, 0.4) is 0 Å². The zero-order valence-electron chi connectivity index (χ0n) is 19.7. The number of likely N-dealkylation sites (tertiary alicyclic amines) is 1. The molecule has 36 heavy (non-hydrogen) atoms. The Kier molecular flexibility index (Phi) is 7.11. The summed E-state index contributed by atoms with van der Waals surface area (Å²) in [5, 5.41) is 23.4. The number of hydrogen-bond acceptors (Lipinski definition) is 8. The lowest BCUT2D eigenvalue weighted by Gasteiger charge is -2.39. The van der Waals surface area contributed by atoms with Crippen molar-refractivity contribution in [3.05, 3.63) is 57.8 Å². The van der Waals surface area contributed by atoms with Gasteiger partial charge in [0.15, 0.2) is 5.75 Å². The van der Waals surface area contributed by atoms with Crippen LogP contribution >= 0.6 is 12.4 Å². The minimum absolute atomic E-state index is 0. The maximum Gasteiger partial charge on any atom is 0.276 e. The zero-order valence-corrected chi connectivity index (χ0v) is 20.5. The highest BCUT2D eigenvalue weighted by atomic mass is 35.5. The SMILES string of the molecule is Cl.O=c1ccc2ccc(F)c3c2n1CCC3CN1CC[C@H](NCc2cc3c(nn2)OCCO3)[C@H](O)C1. The van der Waals surface area contributed by atoms with Crippen molar-refractivity contribution in [3.8, 4) is 11.6 Å². The first-order valence-corrected chi connectivity index (χ1v) is 12.1. The lowest BCUT2D eigenvalue weighted by atomic mass is 9.88. The third kappa shape index (κ3) is 4.66. The van der Waals surface area contributed by atoms with Crippen LogP contribution in [-0.2, 0) is 13.1 Å². The second-order valence-electron chi connectivity index (χ2n) is 9.51. The molecule has 6 rings (SSSR count). The number of halogens is 2. The smallest absolute Gasteiger partial charge is 0.276 e. The van der Waals surface area contributed by atoms with E-state index in [1.165, 1.54) is 6.07 Å². The number of hydrogen-bond donors (Lipinski definition) is 2. The van der Waals surface area contributed by atoms with Crippen molar-refractivity contribution in [2.45, 2.75) is 44.0 Å². The van der Waals surface area contributed by atoms with E-state index in [1.807, 2.05) is 6.07 Å². The lowest BCUT2D eigenvalue weighted by molar-refractivity contribution is 0.0363. The molecule has 0 saturated carbocycles. The molecule has 1 unspecified atom stereocenters. The van der Waals surface area contributed by atoms with Crippen molar-refractivity contribution in [2.24, 2.45) is 0 Å². The van der Waals surface area contributed by atoms with Gasteiger partial charge in [0.1, 0.15) is 19.0 Å². The quantitative estimate of drug-likeness (QED) is 0.528. The fourth-order valence-corrected chi connectivity index (χ4v) is 5.55. The summed E-state index contributed by atoms with van der Waals surface area (Å²) in [6.07, 6.45) is 0.895. The molecule has 1 aromatic carbocycles. The minimum Gasteiger partial charge on any atom is -0.484 e. The van der Waals surface area contributed by atoms with Crippen LogP contribution in [0.15, 0.2) is 35.1 Å². The lowest BCUT2D eigenvalue weighted by Crippen LogP contribution is -2.53. The first-order valence-electron chi connectivity index (χ1n) is 12.1. The third-order valence-electron chi connectivity index (χ3n) is 7.29. The first-order chi connectivity index (χ1) is 17.1. The van der Waals surface area contributed by atoms with Crippen LogP contribution in [0, 0.1) is 5.82 Å². The number of piperidine rings is 1. The maximum atomic E-state index is 15.0. The van der Waals surface area contributed by atoms with Gasteiger partial charge >= 0.3 is 0 Å². The highest BCUT2D eigenvalue weighted by Gasteiger charge is 2.32. The number of fused-ring (bicyclic) bond motifs is 1. The Morgan fingerprint density at radius 1 is 1.11 bits per heavy atom. The molecule has 1 fully saturated rings. The highest BCUT2D eigenvalue weighted by Crippen LogP contribution is 2.35. The number of aryl methyl sites for hydroxylation is 1. The second-order valence-corrected chi connectivity index (χ2v) is 9.51. The molecule has 1 saturated heterocycles. The second kappa shape index (κ2) is 10.3. The molecule has 3 atom stereocenters. The molecule has 0 aliphatic carbocycles. The summed E-state index contributed by atoms with van der Waals surface area (Å²) in [4.78, 5) is 14.5. The van der Waals surface area contributed by atoms with Crippen molar-refractivity contribution in [1.82, 2.24) is 25.0 Å². The Labute approximate surface area is 213 Å². The van der Waals surface area contributed by atoms with E-state index in [-0.39, 0.29) is 35.7 Å². The summed E-state index contributed by atoms with van der Waals surface area (Å²) in [5.74, 6) is 0.719. The fourth-order valence-electron chi connectivity index (χ4n) is 5.55. The van der Waals surface area contributed by atoms with Gasteiger partial charge in [0.05, 0.1) is 17.3 Å². The maximum absolute atomic E-state index is 15.0. The normalized spacial score (nSPS) is 23.3. The summed E-state index contributed by atoms with van der Waals surface area (Å²) in [6.45, 7) is 3.94. The molecule has 2 aromatic heterocycles. The molecule has 3 aliphatic heterocycles. The molecule has 11 heteroatoms. The molecule has 0 bridgehead atoms. The molecular weight excluding hydrogens is 489 g/mol. The van der Waals surface area contributed by atoms with Crippen molar-refractivity contribution in [1.29, 1.82) is 0 Å². The average Bonchev–Trinajstić information content (AvgIpc) is 2.87. The number of aromatic nitrogens is 3. The summed E-state index contributed by atoms with van der Waals surface area (Å²) in [7, 11) is 0. The van der Waals surface area contributed by atoms with Crippen molar-refractivity contribution < 1.29 is 19.0 Å². The van der Waals surface area contributed by atoms with E-state index in [0.717, 1.165) is 24.0 Å². The number of rotatable bonds is 5. The molecular formula is C25H29ClFN5O4. The Balaban J connectivity index is 0.00000267. The van der Waals surface area contributed by atoms with Gasteiger partial charge in [0.25, 0.3) is 11.4 Å². The Bertz CT molecular complexity index is 1320. The molecule has 192 valence electrons. The van der Waals surface area contributed by atoms with Crippen molar-refractivity contribution >= 4 is 23.3 Å². The molecule has 9 nitrogen and oxygen atoms in total. The van der Waals surface area contributed by atoms with Crippen LogP contribution < -0.4 is 20.3 Å². The Morgan fingerprint density at radius 3 is 2.81 bits per heavy atom. The van der Waals surface area contributed by atoms with Gasteiger partial charge in [-0.05, 0) is 43.0 Å². The van der Waals surface area contributed by atoms with E-state index < -0.39 is 6.10 Å². The molecule has 0 radical (unpaired) electrons. The monoisotopic (exact) mass is 517 g/mol. The molecule has 2 N–H and O–H groups in total. The molecule has 0 spiro atoms. The summed E-state index contributed by atoms with van der Waals surface area (Å²) >= 11 is 0. The Hall–Kier alpha value is -2.79. The van der Waals surface area contributed by atoms with Crippen molar-refractivity contribution in [2.75, 3.05) is 32.8 Å². The summed E-state index contributed by atoms with van der Waals surface area (Å²) < 4.78 is 27.6. The van der Waals surface area contributed by atoms with Gasteiger partial charge in [0.2, 0.25) is 0 Å².